The van der Waals surface area contributed by atoms with Gasteiger partial charge in [0.2, 0.25) is 5.91 Å². The number of piperidine rings is 2. The predicted octanol–water partition coefficient (Wildman–Crippen LogP) is 2.94. The summed E-state index contributed by atoms with van der Waals surface area (Å²) in [7, 11) is 0. The van der Waals surface area contributed by atoms with Crippen LogP contribution in [0.4, 0.5) is 8.78 Å². The van der Waals surface area contributed by atoms with Gasteiger partial charge in [-0.1, -0.05) is 6.42 Å². The highest BCUT2D eigenvalue weighted by atomic mass is 32.2. The summed E-state index contributed by atoms with van der Waals surface area (Å²) in [5, 5.41) is 6.25. The minimum absolute atomic E-state index is 0.0128. The van der Waals surface area contributed by atoms with Gasteiger partial charge in [-0.3, -0.25) is 14.6 Å². The summed E-state index contributed by atoms with van der Waals surface area (Å²) in [5.74, 6) is 0.0501. The van der Waals surface area contributed by atoms with Crippen LogP contribution >= 0.6 is 11.8 Å². The number of halogens is 2. The van der Waals surface area contributed by atoms with Crippen LogP contribution in [-0.2, 0) is 9.59 Å². The molecule has 0 radical (unpaired) electrons. The number of hydrogen-bond acceptors (Lipinski definition) is 10. The fourth-order valence-electron chi connectivity index (χ4n) is 6.39. The summed E-state index contributed by atoms with van der Waals surface area (Å²) in [6.45, 7) is 0.942. The minimum atomic E-state index is -3.03. The zero-order chi connectivity index (χ0) is 30.6. The van der Waals surface area contributed by atoms with E-state index in [-0.39, 0.29) is 30.7 Å². The average Bonchev–Trinajstić information content (AvgIpc) is 3.65. The third kappa shape index (κ3) is 6.77. The first-order valence-corrected chi connectivity index (χ1v) is 16.3. The number of nitrogens with one attached hydrogen (secondary N) is 3. The Morgan fingerprint density at radius 1 is 1.16 bits per heavy atom. The second kappa shape index (κ2) is 13.7. The Hall–Kier alpha value is -3.46. The number of amides is 2. The lowest BCUT2D eigenvalue weighted by molar-refractivity contribution is -0.134. The van der Waals surface area contributed by atoms with Gasteiger partial charge < -0.3 is 24.9 Å². The summed E-state index contributed by atoms with van der Waals surface area (Å²) < 4.78 is 31.7. The molecule has 236 valence electrons. The van der Waals surface area contributed by atoms with Crippen LogP contribution in [0.5, 0.6) is 5.75 Å². The van der Waals surface area contributed by atoms with E-state index in [1.165, 1.54) is 37.1 Å². The molecule has 1 aromatic rings. The van der Waals surface area contributed by atoms with Crippen LogP contribution in [0.3, 0.4) is 0 Å². The lowest BCUT2D eigenvalue weighted by Gasteiger charge is -2.40. The largest absolute Gasteiger partial charge is 0.434 e. The molecule has 1 aromatic carbocycles. The second-order valence-corrected chi connectivity index (χ2v) is 12.2. The number of carbonyl (C=O) groups excluding carboxylic acids is 2. The maximum Gasteiger partial charge on any atom is 0.387 e. The molecule has 2 saturated heterocycles. The number of thioether (sulfide) groups is 1. The summed E-state index contributed by atoms with van der Waals surface area (Å²) in [4.78, 5) is 36.6. The lowest BCUT2D eigenvalue weighted by Crippen LogP contribution is -2.50. The van der Waals surface area contributed by atoms with Gasteiger partial charge in [-0.2, -0.15) is 8.78 Å². The molecule has 5 aliphatic heterocycles. The number of benzene rings is 1. The van der Waals surface area contributed by atoms with E-state index in [4.69, 9.17) is 4.74 Å². The third-order valence-electron chi connectivity index (χ3n) is 8.65. The van der Waals surface area contributed by atoms with Crippen molar-refractivity contribution < 1.29 is 23.1 Å². The zero-order valence-corrected chi connectivity index (χ0v) is 25.5. The Bertz CT molecular complexity index is 1370. The molecule has 0 bridgehead atoms. The van der Waals surface area contributed by atoms with E-state index < -0.39 is 12.7 Å². The van der Waals surface area contributed by atoms with Crippen molar-refractivity contribution in [3.8, 4) is 5.75 Å². The van der Waals surface area contributed by atoms with Crippen LogP contribution in [0.1, 0.15) is 43.7 Å². The van der Waals surface area contributed by atoms with Crippen molar-refractivity contribution in [1.29, 1.82) is 0 Å². The molecule has 11 nitrogen and oxygen atoms in total. The number of fused-ring (bicyclic) bond motifs is 1. The zero-order valence-electron chi connectivity index (χ0n) is 24.7. The van der Waals surface area contributed by atoms with E-state index in [0.29, 0.717) is 41.8 Å². The number of alkyl halides is 2. The Morgan fingerprint density at radius 2 is 1.95 bits per heavy atom. The van der Waals surface area contributed by atoms with Gasteiger partial charge >= 0.3 is 6.61 Å². The number of rotatable bonds is 9. The molecule has 0 aromatic heterocycles. The number of hydrogen-bond donors (Lipinski definition) is 3. The molecule has 1 atom stereocenters. The van der Waals surface area contributed by atoms with Gasteiger partial charge in [-0.25, -0.2) is 15.8 Å². The number of likely N-dealkylation sites (tertiary alicyclic amines) is 2. The Kier molecular flexibility index (Phi) is 9.50. The predicted molar refractivity (Wildman–Crippen MR) is 163 cm³/mol. The average molecular weight is 629 g/mol. The first kappa shape index (κ1) is 30.6. The van der Waals surface area contributed by atoms with Gasteiger partial charge in [0, 0.05) is 54.7 Å². The second-order valence-electron chi connectivity index (χ2n) is 11.3. The van der Waals surface area contributed by atoms with E-state index in [2.05, 4.69) is 26.1 Å². The fourth-order valence-corrected chi connectivity index (χ4v) is 6.84. The summed E-state index contributed by atoms with van der Waals surface area (Å²) in [6.07, 6.45) is 14.4. The molecule has 5 heterocycles. The molecule has 44 heavy (non-hydrogen) atoms. The van der Waals surface area contributed by atoms with Crippen molar-refractivity contribution in [2.45, 2.75) is 55.7 Å². The van der Waals surface area contributed by atoms with Crippen LogP contribution in [0.15, 0.2) is 63.7 Å². The molecule has 0 aliphatic carbocycles. The first-order chi connectivity index (χ1) is 21.4. The van der Waals surface area contributed by atoms with Crippen molar-refractivity contribution in [3.05, 3.63) is 59.3 Å². The highest BCUT2D eigenvalue weighted by molar-refractivity contribution is 7.98. The van der Waals surface area contributed by atoms with Crippen molar-refractivity contribution in [3.63, 3.8) is 0 Å². The van der Waals surface area contributed by atoms with E-state index in [1.54, 1.807) is 46.8 Å². The van der Waals surface area contributed by atoms with E-state index in [9.17, 15) is 18.4 Å². The molecule has 1 unspecified atom stereocenters. The van der Waals surface area contributed by atoms with Gasteiger partial charge in [-0.15, -0.1) is 11.8 Å². The molecule has 0 saturated carbocycles. The maximum atomic E-state index is 13.5. The molecule has 14 heteroatoms. The molecule has 5 aliphatic rings. The Balaban J connectivity index is 1.20. The highest BCUT2D eigenvalue weighted by Gasteiger charge is 2.35. The van der Waals surface area contributed by atoms with Crippen molar-refractivity contribution in [2.75, 3.05) is 45.5 Å². The van der Waals surface area contributed by atoms with E-state index in [1.807, 2.05) is 11.2 Å². The first-order valence-electron chi connectivity index (χ1n) is 15.1. The van der Waals surface area contributed by atoms with Gasteiger partial charge in [0.05, 0.1) is 17.3 Å². The summed E-state index contributed by atoms with van der Waals surface area (Å²) in [6, 6.07) is 4.74. The topological polar surface area (TPSA) is 105 Å². The van der Waals surface area contributed by atoms with Crippen molar-refractivity contribution >= 4 is 29.8 Å². The Labute approximate surface area is 260 Å². The van der Waals surface area contributed by atoms with Crippen molar-refractivity contribution in [1.82, 2.24) is 36.0 Å². The van der Waals surface area contributed by atoms with E-state index >= 15 is 0 Å². The van der Waals surface area contributed by atoms with Crippen LogP contribution in [-0.4, -0.2) is 96.0 Å². The molecule has 3 N–H and O–H groups in total. The molecule has 2 fully saturated rings. The fraction of sp³-hybridized carbons (Fsp3) is 0.500. The lowest BCUT2D eigenvalue weighted by atomic mass is 10.00. The molecule has 2 amide bonds. The third-order valence-corrected chi connectivity index (χ3v) is 9.37. The highest BCUT2D eigenvalue weighted by Crippen LogP contribution is 2.36. The van der Waals surface area contributed by atoms with Gasteiger partial charge in [0.25, 0.3) is 5.91 Å². The molecular formula is C30H38F2N8O3S. The van der Waals surface area contributed by atoms with Crippen LogP contribution in [0.2, 0.25) is 0 Å². The Morgan fingerprint density at radius 3 is 2.70 bits per heavy atom. The SMILES string of the molecule is CSc1ccc(OC(F)F)c(C2NN(CC(=O)N3CCC(N4CCCCC4)CC3)C=C2NC(=O)C2=C3N=CC=CN3NC2)c1. The van der Waals surface area contributed by atoms with Crippen LogP contribution in [0, 0.1) is 0 Å². The number of nitrogens with zero attached hydrogens (tertiary/aromatic N) is 5. The number of allylic oxidation sites excluding steroid dienone is 1. The summed E-state index contributed by atoms with van der Waals surface area (Å²) >= 11 is 1.46. The quantitative estimate of drug-likeness (QED) is 0.356. The minimum Gasteiger partial charge on any atom is -0.434 e. The van der Waals surface area contributed by atoms with Crippen molar-refractivity contribution in [2.24, 2.45) is 4.99 Å². The molecule has 0 spiro atoms. The number of ether oxygens (including phenoxy) is 1. The number of hydrazine groups is 2. The smallest absolute Gasteiger partial charge is 0.387 e. The van der Waals surface area contributed by atoms with E-state index in [0.717, 1.165) is 30.8 Å². The monoisotopic (exact) mass is 628 g/mol. The number of carbonyl (C=O) groups is 2. The van der Waals surface area contributed by atoms with Gasteiger partial charge in [-0.05, 0) is 69.3 Å². The van der Waals surface area contributed by atoms with Crippen LogP contribution < -0.4 is 20.9 Å². The maximum absolute atomic E-state index is 13.5. The standard InChI is InChI=1S/C30H38F2N8O3S/c1-44-21-6-7-25(43-30(31)32)22(16-21)27-24(35-29(42)23-17-34-40-13-5-10-33-28(23)40)18-39(36-27)19-26(41)38-14-8-20(9-15-38)37-11-3-2-4-12-37/h5-7,10,13,16,18,20,27,30,34,36H,2-4,8-9,11-12,14-15,17,19H2,1H3,(H,35,42). The molecule has 6 rings (SSSR count). The molecular weight excluding hydrogens is 590 g/mol. The number of aliphatic imine (C=N–C) groups is 1. The summed E-state index contributed by atoms with van der Waals surface area (Å²) in [5.41, 5.74) is 7.61. The normalized spacial score (nSPS) is 22.6. The van der Waals surface area contributed by atoms with Gasteiger partial charge in [0.15, 0.2) is 5.82 Å². The van der Waals surface area contributed by atoms with Crippen LogP contribution in [0.25, 0.3) is 0 Å². The van der Waals surface area contributed by atoms with Gasteiger partial charge in [0.1, 0.15) is 12.3 Å².